The minimum absolute atomic E-state index is 0.142. The first-order valence-corrected chi connectivity index (χ1v) is 15.4. The third-order valence-electron chi connectivity index (χ3n) is 5.58. The van der Waals surface area contributed by atoms with Crippen LogP contribution in [-0.4, -0.2) is 51.2 Å². The van der Waals surface area contributed by atoms with Crippen LogP contribution in [0.2, 0.25) is 0 Å². The summed E-state index contributed by atoms with van der Waals surface area (Å²) < 4.78 is 87.7. The van der Waals surface area contributed by atoms with Gasteiger partial charge >= 0.3 is 0 Å². The van der Waals surface area contributed by atoms with E-state index >= 15 is 0 Å². The molecule has 17 heteroatoms. The molecule has 0 aliphatic rings. The zero-order valence-corrected chi connectivity index (χ0v) is 22.8. The molecule has 0 aliphatic carbocycles. The highest BCUT2D eigenvalue weighted by Crippen LogP contribution is 2.57. The lowest BCUT2D eigenvalue weighted by atomic mass is 10.1. The Morgan fingerprint density at radius 3 is 1.77 bits per heavy atom. The topological polar surface area (TPSA) is 259 Å². The van der Waals surface area contributed by atoms with E-state index in [1.807, 2.05) is 31.2 Å². The summed E-state index contributed by atoms with van der Waals surface area (Å²) in [4.78, 5) is -2.48. The Morgan fingerprint density at radius 1 is 0.600 bits per heavy atom. The van der Waals surface area contributed by atoms with Crippen LogP contribution in [0.15, 0.2) is 85.6 Å². The van der Waals surface area contributed by atoms with E-state index < -0.39 is 70.2 Å². The average molecular weight is 616 g/mol. The number of anilines is 2. The van der Waals surface area contributed by atoms with Crippen molar-refractivity contribution in [1.29, 1.82) is 0 Å². The number of phenols is 2. The highest BCUT2D eigenvalue weighted by molar-refractivity contribution is 8.20. The maximum absolute atomic E-state index is 10.9. The van der Waals surface area contributed by atoms with Crippen LogP contribution in [0.5, 0.6) is 11.5 Å². The standard InChI is InChI=1S/C23H25N3O11S3/c1-12-2-4-14(5-3-12)24-15-6-7-17-13(8-15)9-19(39(32,33)34)21(22(17)27)26-25-18-10-16(38(29,30)31)11-20(23(18)28)40(35,36)37/h2-11,24,27-37H,1H3. The summed E-state index contributed by atoms with van der Waals surface area (Å²) in [6.07, 6.45) is 0. The van der Waals surface area contributed by atoms with E-state index in [4.69, 9.17) is 0 Å². The lowest BCUT2D eigenvalue weighted by molar-refractivity contribution is 0.365. The van der Waals surface area contributed by atoms with Gasteiger partial charge in [0.2, 0.25) is 0 Å². The van der Waals surface area contributed by atoms with Gasteiger partial charge in [0.25, 0.3) is 0 Å². The monoisotopic (exact) mass is 615 g/mol. The molecule has 4 aromatic carbocycles. The summed E-state index contributed by atoms with van der Waals surface area (Å²) in [5, 5.41) is 32.1. The minimum atomic E-state index is -4.66. The van der Waals surface area contributed by atoms with Crippen LogP contribution in [-0.2, 0) is 0 Å². The Balaban J connectivity index is 1.85. The molecule has 4 rings (SSSR count). The van der Waals surface area contributed by atoms with Crippen molar-refractivity contribution in [2.45, 2.75) is 21.6 Å². The largest absolute Gasteiger partial charge is 0.505 e. The zero-order chi connectivity index (χ0) is 29.6. The summed E-state index contributed by atoms with van der Waals surface area (Å²) in [7, 11) is -13.7. The third kappa shape index (κ3) is 6.41. The Labute approximate surface area is 231 Å². The van der Waals surface area contributed by atoms with Crippen molar-refractivity contribution >= 4 is 66.1 Å². The maximum Gasteiger partial charge on any atom is 0.161 e. The van der Waals surface area contributed by atoms with Gasteiger partial charge in [0.05, 0.1) is 9.79 Å². The van der Waals surface area contributed by atoms with Crippen molar-refractivity contribution in [3.8, 4) is 11.5 Å². The molecule has 40 heavy (non-hydrogen) atoms. The number of hydrogen-bond donors (Lipinski definition) is 12. The maximum atomic E-state index is 10.9. The van der Waals surface area contributed by atoms with Crippen molar-refractivity contribution in [3.05, 3.63) is 66.2 Å². The lowest BCUT2D eigenvalue weighted by Gasteiger charge is -2.25. The first kappa shape index (κ1) is 29.8. The van der Waals surface area contributed by atoms with Crippen molar-refractivity contribution < 1.29 is 51.2 Å². The average Bonchev–Trinajstić information content (AvgIpc) is 2.83. The SMILES string of the molecule is Cc1ccc(Nc2ccc3c(O)c(N=Nc4cc(S(O)(O)O)cc(S(O)(O)O)c4O)c(S(O)(O)O)cc3c2)cc1. The van der Waals surface area contributed by atoms with Gasteiger partial charge < -0.3 is 56.5 Å². The van der Waals surface area contributed by atoms with Crippen LogP contribution in [0.25, 0.3) is 10.8 Å². The van der Waals surface area contributed by atoms with E-state index in [1.165, 1.54) is 6.07 Å². The van der Waals surface area contributed by atoms with Gasteiger partial charge in [0.1, 0.15) is 48.9 Å². The Morgan fingerprint density at radius 2 is 1.20 bits per heavy atom. The fourth-order valence-corrected chi connectivity index (χ4v) is 5.61. The highest BCUT2D eigenvalue weighted by atomic mass is 32.3. The van der Waals surface area contributed by atoms with Crippen LogP contribution >= 0.6 is 32.6 Å². The molecule has 14 nitrogen and oxygen atoms in total. The molecule has 0 fully saturated rings. The number of benzene rings is 4. The van der Waals surface area contributed by atoms with Crippen molar-refractivity contribution in [2.24, 2.45) is 10.2 Å². The minimum Gasteiger partial charge on any atom is -0.505 e. The van der Waals surface area contributed by atoms with Crippen LogP contribution in [0.4, 0.5) is 22.7 Å². The van der Waals surface area contributed by atoms with Gasteiger partial charge in [-0.05, 0) is 60.8 Å². The molecule has 0 aromatic heterocycles. The molecule has 0 heterocycles. The normalized spacial score (nSPS) is 14.1. The zero-order valence-electron chi connectivity index (χ0n) is 20.3. The number of fused-ring (bicyclic) bond motifs is 1. The quantitative estimate of drug-likeness (QED) is 0.0873. The molecule has 0 atom stereocenters. The molecule has 216 valence electrons. The first-order valence-electron chi connectivity index (χ1n) is 10.9. The van der Waals surface area contributed by atoms with Gasteiger partial charge in [-0.3, -0.25) is 0 Å². The summed E-state index contributed by atoms with van der Waals surface area (Å²) >= 11 is 0. The van der Waals surface area contributed by atoms with Gasteiger partial charge in [-0.2, -0.15) is 0 Å². The number of aromatic hydroxyl groups is 2. The molecule has 0 saturated heterocycles. The van der Waals surface area contributed by atoms with E-state index in [0.717, 1.165) is 17.3 Å². The van der Waals surface area contributed by atoms with Crippen molar-refractivity contribution in [2.75, 3.05) is 5.32 Å². The molecule has 0 bridgehead atoms. The summed E-state index contributed by atoms with van der Waals surface area (Å²) in [6, 6.07) is 14.5. The number of azo groups is 1. The van der Waals surface area contributed by atoms with E-state index in [1.54, 1.807) is 12.1 Å². The van der Waals surface area contributed by atoms with Gasteiger partial charge in [-0.25, -0.2) is 0 Å². The van der Waals surface area contributed by atoms with Crippen LogP contribution in [0.1, 0.15) is 5.56 Å². The lowest BCUT2D eigenvalue weighted by Crippen LogP contribution is -2.01. The highest BCUT2D eigenvalue weighted by Gasteiger charge is 2.29. The second kappa shape index (κ2) is 10.7. The molecule has 0 unspecified atom stereocenters. The van der Waals surface area contributed by atoms with Gasteiger partial charge in [0, 0.05) is 16.8 Å². The van der Waals surface area contributed by atoms with Crippen LogP contribution in [0, 0.1) is 6.92 Å². The summed E-state index contributed by atoms with van der Waals surface area (Å²) in [5.74, 6) is -1.76. The number of hydrogen-bond acceptors (Lipinski definition) is 14. The first-order chi connectivity index (χ1) is 18.4. The molecular formula is C23H25N3O11S3. The molecule has 0 spiro atoms. The molecule has 0 saturated carbocycles. The Bertz CT molecular complexity index is 1610. The Kier molecular flexibility index (Phi) is 7.95. The number of nitrogens with one attached hydrogen (secondary N) is 1. The van der Waals surface area contributed by atoms with E-state index in [2.05, 4.69) is 15.5 Å². The molecule has 12 N–H and O–H groups in total. The molecule has 4 aromatic rings. The molecule has 0 amide bonds. The van der Waals surface area contributed by atoms with Crippen molar-refractivity contribution in [3.63, 3.8) is 0 Å². The summed E-state index contributed by atoms with van der Waals surface area (Å²) in [6.45, 7) is 1.93. The fraction of sp³-hybridized carbons (Fsp3) is 0.0435. The van der Waals surface area contributed by atoms with Gasteiger partial charge in [0.15, 0.2) is 11.5 Å². The predicted octanol–water partition coefficient (Wildman–Crippen LogP) is 8.47. The molecule has 0 radical (unpaired) electrons. The number of phenolic OH excluding ortho intramolecular Hbond substituents is 2. The second-order valence-electron chi connectivity index (χ2n) is 8.54. The van der Waals surface area contributed by atoms with Gasteiger partial charge in [-0.15, -0.1) is 10.2 Å². The fourth-order valence-electron chi connectivity index (χ4n) is 3.65. The van der Waals surface area contributed by atoms with E-state index in [0.29, 0.717) is 17.8 Å². The molecular weight excluding hydrogens is 590 g/mol. The number of rotatable bonds is 7. The predicted molar refractivity (Wildman–Crippen MR) is 154 cm³/mol. The number of nitrogens with zero attached hydrogens (tertiary/aromatic N) is 2. The van der Waals surface area contributed by atoms with Crippen molar-refractivity contribution in [1.82, 2.24) is 0 Å². The van der Waals surface area contributed by atoms with E-state index in [9.17, 15) is 51.2 Å². The van der Waals surface area contributed by atoms with E-state index in [-0.39, 0.29) is 10.8 Å². The number of aryl methyl sites for hydroxylation is 1. The Hall–Kier alpha value is -3.17. The van der Waals surface area contributed by atoms with Crippen LogP contribution < -0.4 is 5.32 Å². The smallest absolute Gasteiger partial charge is 0.161 e. The second-order valence-corrected chi connectivity index (χ2v) is 13.0. The summed E-state index contributed by atoms with van der Waals surface area (Å²) in [5.41, 5.74) is 0.955. The van der Waals surface area contributed by atoms with Crippen LogP contribution in [0.3, 0.4) is 0 Å². The third-order valence-corrected chi connectivity index (χ3v) is 8.25. The van der Waals surface area contributed by atoms with Gasteiger partial charge in [-0.1, -0.05) is 17.7 Å². The molecule has 0 aliphatic heterocycles.